The summed E-state index contributed by atoms with van der Waals surface area (Å²) in [6.45, 7) is 3.81. The highest BCUT2D eigenvalue weighted by Crippen LogP contribution is 2.28. The SMILES string of the molecule is CCC(=O)Nc1ccc(Cl)c(NC(C)c2ccn[nH]2)c1. The molecule has 6 heteroatoms. The van der Waals surface area contributed by atoms with Crippen LogP contribution in [-0.2, 0) is 4.79 Å². The Morgan fingerprint density at radius 2 is 2.25 bits per heavy atom. The van der Waals surface area contributed by atoms with Gasteiger partial charge in [0.2, 0.25) is 5.91 Å². The van der Waals surface area contributed by atoms with E-state index in [0.717, 1.165) is 17.1 Å². The zero-order valence-corrected chi connectivity index (χ0v) is 12.2. The molecule has 2 aromatic rings. The third-order valence-electron chi connectivity index (χ3n) is 2.93. The van der Waals surface area contributed by atoms with Crippen LogP contribution >= 0.6 is 11.6 Å². The monoisotopic (exact) mass is 292 g/mol. The average Bonchev–Trinajstić information content (AvgIpc) is 2.96. The first-order chi connectivity index (χ1) is 9.60. The smallest absolute Gasteiger partial charge is 0.224 e. The third-order valence-corrected chi connectivity index (χ3v) is 3.26. The molecule has 106 valence electrons. The van der Waals surface area contributed by atoms with Gasteiger partial charge in [-0.1, -0.05) is 18.5 Å². The highest BCUT2D eigenvalue weighted by molar-refractivity contribution is 6.33. The van der Waals surface area contributed by atoms with Gasteiger partial charge in [0.25, 0.3) is 0 Å². The van der Waals surface area contributed by atoms with Crippen molar-refractivity contribution in [3.05, 3.63) is 41.2 Å². The van der Waals surface area contributed by atoms with E-state index in [-0.39, 0.29) is 11.9 Å². The van der Waals surface area contributed by atoms with E-state index in [0.29, 0.717) is 11.4 Å². The van der Waals surface area contributed by atoms with E-state index in [1.165, 1.54) is 0 Å². The summed E-state index contributed by atoms with van der Waals surface area (Å²) in [6.07, 6.45) is 2.14. The molecule has 1 unspecified atom stereocenters. The Morgan fingerprint density at radius 3 is 2.90 bits per heavy atom. The van der Waals surface area contributed by atoms with Gasteiger partial charge in [-0.25, -0.2) is 0 Å². The molecule has 0 spiro atoms. The number of halogens is 1. The molecule has 2 rings (SSSR count). The molecule has 5 nitrogen and oxygen atoms in total. The van der Waals surface area contributed by atoms with Crippen molar-refractivity contribution in [2.75, 3.05) is 10.6 Å². The maximum absolute atomic E-state index is 11.4. The van der Waals surface area contributed by atoms with Gasteiger partial charge in [0.15, 0.2) is 0 Å². The number of carbonyl (C=O) groups excluding carboxylic acids is 1. The van der Waals surface area contributed by atoms with E-state index >= 15 is 0 Å². The molecule has 20 heavy (non-hydrogen) atoms. The summed E-state index contributed by atoms with van der Waals surface area (Å²) in [5.41, 5.74) is 2.45. The standard InChI is InChI=1S/C14H17ClN4O/c1-3-14(20)18-10-4-5-11(15)13(8-10)17-9(2)12-6-7-16-19-12/h4-9,17H,3H2,1-2H3,(H,16,19)(H,18,20). The van der Waals surface area contributed by atoms with Crippen LogP contribution in [0.15, 0.2) is 30.5 Å². The summed E-state index contributed by atoms with van der Waals surface area (Å²) in [7, 11) is 0. The second kappa shape index (κ2) is 6.43. The lowest BCUT2D eigenvalue weighted by Crippen LogP contribution is -2.11. The average molecular weight is 293 g/mol. The molecule has 3 N–H and O–H groups in total. The van der Waals surface area contributed by atoms with E-state index in [2.05, 4.69) is 20.8 Å². The maximum Gasteiger partial charge on any atom is 0.224 e. The molecule has 0 aliphatic carbocycles. The zero-order valence-electron chi connectivity index (χ0n) is 11.4. The minimum Gasteiger partial charge on any atom is -0.376 e. The molecule has 0 fully saturated rings. The first kappa shape index (κ1) is 14.4. The fraction of sp³-hybridized carbons (Fsp3) is 0.286. The Morgan fingerprint density at radius 1 is 1.45 bits per heavy atom. The molecule has 0 aliphatic rings. The highest BCUT2D eigenvalue weighted by atomic mass is 35.5. The predicted molar refractivity (Wildman–Crippen MR) is 81.0 cm³/mol. The number of aromatic amines is 1. The van der Waals surface area contributed by atoms with Crippen molar-refractivity contribution in [3.8, 4) is 0 Å². The summed E-state index contributed by atoms with van der Waals surface area (Å²) < 4.78 is 0. The van der Waals surface area contributed by atoms with Gasteiger partial charge in [-0.2, -0.15) is 5.10 Å². The van der Waals surface area contributed by atoms with Crippen LogP contribution < -0.4 is 10.6 Å². The van der Waals surface area contributed by atoms with Gasteiger partial charge < -0.3 is 10.6 Å². The molecule has 1 atom stereocenters. The predicted octanol–water partition coefficient (Wildman–Crippen LogP) is 3.58. The Labute approximate surface area is 122 Å². The Hall–Kier alpha value is -2.01. The van der Waals surface area contributed by atoms with Gasteiger partial charge in [-0.15, -0.1) is 0 Å². The number of rotatable bonds is 5. The minimum absolute atomic E-state index is 0.0279. The topological polar surface area (TPSA) is 69.8 Å². The Balaban J connectivity index is 2.14. The molecule has 0 radical (unpaired) electrons. The highest BCUT2D eigenvalue weighted by Gasteiger charge is 2.10. The lowest BCUT2D eigenvalue weighted by molar-refractivity contribution is -0.115. The molecular formula is C14H17ClN4O. The van der Waals surface area contributed by atoms with Gasteiger partial charge in [0.05, 0.1) is 22.4 Å². The summed E-state index contributed by atoms with van der Waals surface area (Å²) in [5.74, 6) is -0.0279. The first-order valence-corrected chi connectivity index (χ1v) is 6.83. The molecule has 0 saturated carbocycles. The number of hydrogen-bond acceptors (Lipinski definition) is 3. The quantitative estimate of drug-likeness (QED) is 0.789. The van der Waals surface area contributed by atoms with Crippen molar-refractivity contribution in [2.45, 2.75) is 26.3 Å². The second-order valence-electron chi connectivity index (χ2n) is 4.47. The number of aromatic nitrogens is 2. The lowest BCUT2D eigenvalue weighted by atomic mass is 10.2. The van der Waals surface area contributed by atoms with Crippen LogP contribution in [0.3, 0.4) is 0 Å². The molecule has 1 aromatic heterocycles. The molecule has 1 aromatic carbocycles. The van der Waals surface area contributed by atoms with Crippen LogP contribution in [0.1, 0.15) is 32.0 Å². The van der Waals surface area contributed by atoms with Gasteiger partial charge in [0.1, 0.15) is 0 Å². The fourth-order valence-electron chi connectivity index (χ4n) is 1.78. The number of anilines is 2. The number of hydrogen-bond donors (Lipinski definition) is 3. The number of amides is 1. The molecule has 0 aliphatic heterocycles. The largest absolute Gasteiger partial charge is 0.376 e. The molecule has 0 saturated heterocycles. The number of carbonyl (C=O) groups is 1. The maximum atomic E-state index is 11.4. The van der Waals surface area contributed by atoms with Crippen molar-refractivity contribution in [2.24, 2.45) is 0 Å². The van der Waals surface area contributed by atoms with Crippen molar-refractivity contribution in [1.29, 1.82) is 0 Å². The summed E-state index contributed by atoms with van der Waals surface area (Å²) >= 11 is 6.17. The fourth-order valence-corrected chi connectivity index (χ4v) is 1.95. The normalized spacial score (nSPS) is 11.9. The molecule has 1 heterocycles. The lowest BCUT2D eigenvalue weighted by Gasteiger charge is -2.16. The van der Waals surface area contributed by atoms with Crippen LogP contribution in [0.4, 0.5) is 11.4 Å². The van der Waals surface area contributed by atoms with Crippen LogP contribution in [0.25, 0.3) is 0 Å². The van der Waals surface area contributed by atoms with Crippen molar-refractivity contribution in [3.63, 3.8) is 0 Å². The van der Waals surface area contributed by atoms with Gasteiger partial charge in [-0.05, 0) is 31.2 Å². The van der Waals surface area contributed by atoms with Crippen molar-refractivity contribution >= 4 is 28.9 Å². The Kier molecular flexibility index (Phi) is 4.63. The van der Waals surface area contributed by atoms with Crippen LogP contribution in [-0.4, -0.2) is 16.1 Å². The summed E-state index contributed by atoms with van der Waals surface area (Å²) in [5, 5.41) is 13.5. The molecular weight excluding hydrogens is 276 g/mol. The number of benzene rings is 1. The molecule has 0 bridgehead atoms. The van der Waals surface area contributed by atoms with Crippen LogP contribution in [0.2, 0.25) is 5.02 Å². The minimum atomic E-state index is -0.0279. The number of nitrogens with zero attached hydrogens (tertiary/aromatic N) is 1. The van der Waals surface area contributed by atoms with E-state index in [1.807, 2.05) is 26.0 Å². The van der Waals surface area contributed by atoms with Crippen LogP contribution in [0, 0.1) is 0 Å². The van der Waals surface area contributed by atoms with E-state index in [4.69, 9.17) is 11.6 Å². The zero-order chi connectivity index (χ0) is 14.5. The Bertz CT molecular complexity index is 583. The number of H-pyrrole nitrogens is 1. The molecule has 1 amide bonds. The summed E-state index contributed by atoms with van der Waals surface area (Å²) in [4.78, 5) is 11.4. The van der Waals surface area contributed by atoms with E-state index in [9.17, 15) is 4.79 Å². The van der Waals surface area contributed by atoms with Crippen molar-refractivity contribution in [1.82, 2.24) is 10.2 Å². The van der Waals surface area contributed by atoms with E-state index < -0.39 is 0 Å². The van der Waals surface area contributed by atoms with Crippen LogP contribution in [0.5, 0.6) is 0 Å². The second-order valence-corrected chi connectivity index (χ2v) is 4.88. The first-order valence-electron chi connectivity index (χ1n) is 6.45. The number of nitrogens with one attached hydrogen (secondary N) is 3. The summed E-state index contributed by atoms with van der Waals surface area (Å²) in [6, 6.07) is 7.29. The third kappa shape index (κ3) is 3.51. The van der Waals surface area contributed by atoms with Gasteiger partial charge in [0, 0.05) is 18.3 Å². The van der Waals surface area contributed by atoms with Gasteiger partial charge >= 0.3 is 0 Å². The van der Waals surface area contributed by atoms with E-state index in [1.54, 1.807) is 18.3 Å². The van der Waals surface area contributed by atoms with Crippen molar-refractivity contribution < 1.29 is 4.79 Å². The van der Waals surface area contributed by atoms with Gasteiger partial charge in [-0.3, -0.25) is 9.89 Å².